The van der Waals surface area contributed by atoms with E-state index in [-0.39, 0.29) is 18.2 Å². The Morgan fingerprint density at radius 2 is 2.04 bits per heavy atom. The zero-order valence-electron chi connectivity index (χ0n) is 13.8. The number of nitrogens with one attached hydrogen (secondary N) is 1. The van der Waals surface area contributed by atoms with Gasteiger partial charge in [-0.1, -0.05) is 23.9 Å². The molecule has 0 fully saturated rings. The van der Waals surface area contributed by atoms with Gasteiger partial charge in [-0.15, -0.1) is 0 Å². The average Bonchev–Trinajstić information content (AvgIpc) is 3.19. The first-order valence-corrected chi connectivity index (χ1v) is 8.78. The number of thioether (sulfide) groups is 1. The molecular formula is C17H14F3N5OS. The Bertz CT molecular complexity index is 915. The highest BCUT2D eigenvalue weighted by molar-refractivity contribution is 7.99. The van der Waals surface area contributed by atoms with Crippen LogP contribution in [0.4, 0.5) is 13.2 Å². The number of carbonyl (C=O) groups is 1. The molecule has 1 aromatic carbocycles. The van der Waals surface area contributed by atoms with Gasteiger partial charge in [-0.2, -0.15) is 18.3 Å². The van der Waals surface area contributed by atoms with Crippen LogP contribution in [0.3, 0.4) is 0 Å². The second-order valence-corrected chi connectivity index (χ2v) is 6.42. The summed E-state index contributed by atoms with van der Waals surface area (Å²) >= 11 is 1.20. The molecule has 6 nitrogen and oxygen atoms in total. The van der Waals surface area contributed by atoms with Crippen LogP contribution in [-0.4, -0.2) is 31.4 Å². The zero-order valence-corrected chi connectivity index (χ0v) is 14.7. The average molecular weight is 393 g/mol. The summed E-state index contributed by atoms with van der Waals surface area (Å²) in [6, 6.07) is 8.32. The van der Waals surface area contributed by atoms with Gasteiger partial charge in [0.05, 0.1) is 11.3 Å². The largest absolute Gasteiger partial charge is 0.416 e. The van der Waals surface area contributed by atoms with Crippen molar-refractivity contribution in [3.8, 4) is 5.82 Å². The van der Waals surface area contributed by atoms with Crippen LogP contribution in [-0.2, 0) is 17.5 Å². The molecule has 1 amide bonds. The summed E-state index contributed by atoms with van der Waals surface area (Å²) in [6.45, 7) is 0.0195. The van der Waals surface area contributed by atoms with Gasteiger partial charge in [0, 0.05) is 25.0 Å². The molecule has 3 rings (SSSR count). The van der Waals surface area contributed by atoms with E-state index in [2.05, 4.69) is 20.4 Å². The fraction of sp³-hybridized carbons (Fsp3) is 0.176. The molecule has 1 N–H and O–H groups in total. The maximum atomic E-state index is 12.7. The van der Waals surface area contributed by atoms with Crippen molar-refractivity contribution in [2.24, 2.45) is 0 Å². The van der Waals surface area contributed by atoms with E-state index >= 15 is 0 Å². The van der Waals surface area contributed by atoms with Crippen LogP contribution in [0, 0.1) is 0 Å². The first kappa shape index (κ1) is 18.9. The van der Waals surface area contributed by atoms with Crippen LogP contribution in [0.5, 0.6) is 0 Å². The molecule has 2 aromatic heterocycles. The minimum atomic E-state index is -4.41. The van der Waals surface area contributed by atoms with E-state index in [0.717, 1.165) is 12.1 Å². The van der Waals surface area contributed by atoms with Gasteiger partial charge in [-0.3, -0.25) is 4.79 Å². The number of halogens is 3. The van der Waals surface area contributed by atoms with Crippen LogP contribution >= 0.6 is 11.8 Å². The number of alkyl halides is 3. The van der Waals surface area contributed by atoms with Crippen molar-refractivity contribution in [3.05, 3.63) is 66.2 Å². The lowest BCUT2D eigenvalue weighted by atomic mass is 10.1. The van der Waals surface area contributed by atoms with Gasteiger partial charge in [-0.05, 0) is 23.8 Å². The molecule has 0 bridgehead atoms. The molecule has 0 saturated heterocycles. The molecule has 140 valence electrons. The summed E-state index contributed by atoms with van der Waals surface area (Å²) in [5.74, 6) is 0.340. The van der Waals surface area contributed by atoms with E-state index in [1.807, 2.05) is 0 Å². The summed E-state index contributed by atoms with van der Waals surface area (Å²) in [5, 5.41) is 7.26. The van der Waals surface area contributed by atoms with Crippen LogP contribution in [0.1, 0.15) is 11.1 Å². The Morgan fingerprint density at radius 3 is 2.78 bits per heavy atom. The van der Waals surface area contributed by atoms with Crippen molar-refractivity contribution in [3.63, 3.8) is 0 Å². The smallest absolute Gasteiger partial charge is 0.351 e. The number of amides is 1. The Morgan fingerprint density at radius 1 is 1.19 bits per heavy atom. The first-order valence-electron chi connectivity index (χ1n) is 7.79. The highest BCUT2D eigenvalue weighted by Gasteiger charge is 2.30. The highest BCUT2D eigenvalue weighted by Crippen LogP contribution is 2.29. The van der Waals surface area contributed by atoms with Gasteiger partial charge in [0.2, 0.25) is 5.91 Å². The fourth-order valence-electron chi connectivity index (χ4n) is 2.19. The maximum absolute atomic E-state index is 12.7. The molecular weight excluding hydrogens is 379 g/mol. The molecule has 0 saturated carbocycles. The van der Waals surface area contributed by atoms with Gasteiger partial charge in [-0.25, -0.2) is 14.6 Å². The molecule has 3 aromatic rings. The van der Waals surface area contributed by atoms with Crippen molar-refractivity contribution in [2.45, 2.75) is 17.7 Å². The van der Waals surface area contributed by atoms with E-state index in [0.29, 0.717) is 16.4 Å². The Kier molecular flexibility index (Phi) is 5.75. The maximum Gasteiger partial charge on any atom is 0.416 e. The lowest BCUT2D eigenvalue weighted by molar-refractivity contribution is -0.137. The number of hydrogen-bond donors (Lipinski definition) is 1. The Balaban J connectivity index is 1.53. The minimum Gasteiger partial charge on any atom is -0.351 e. The first-order chi connectivity index (χ1) is 12.9. The zero-order chi connectivity index (χ0) is 19.3. The SMILES string of the molecule is O=C(CSc1cc(-n2cccn2)ncn1)NCc1cccc(C(F)(F)F)c1. The quantitative estimate of drug-likeness (QED) is 0.515. The second-order valence-electron chi connectivity index (χ2n) is 5.43. The topological polar surface area (TPSA) is 72.7 Å². The molecule has 2 heterocycles. The standard InChI is InChI=1S/C17H14F3N5OS/c18-17(19,20)13-4-1-3-12(7-13)9-21-15(26)10-27-16-8-14(22-11-23-16)25-6-2-5-24-25/h1-8,11H,9-10H2,(H,21,26). The van der Waals surface area contributed by atoms with Crippen molar-refractivity contribution in [1.82, 2.24) is 25.1 Å². The van der Waals surface area contributed by atoms with Crippen LogP contribution in [0.15, 0.2) is 60.1 Å². The summed E-state index contributed by atoms with van der Waals surface area (Å²) in [7, 11) is 0. The predicted molar refractivity (Wildman–Crippen MR) is 93.2 cm³/mol. The molecule has 0 atom stereocenters. The van der Waals surface area contributed by atoms with Gasteiger partial charge in [0.15, 0.2) is 5.82 Å². The Hall–Kier alpha value is -2.88. The van der Waals surface area contributed by atoms with E-state index < -0.39 is 11.7 Å². The second kappa shape index (κ2) is 8.21. The molecule has 0 aliphatic carbocycles. The fourth-order valence-corrected chi connectivity index (χ4v) is 2.88. The third-order valence-electron chi connectivity index (χ3n) is 3.46. The van der Waals surface area contributed by atoms with Crippen molar-refractivity contribution >= 4 is 17.7 Å². The van der Waals surface area contributed by atoms with Gasteiger partial charge < -0.3 is 5.32 Å². The van der Waals surface area contributed by atoms with E-state index in [9.17, 15) is 18.0 Å². The lowest BCUT2D eigenvalue weighted by Crippen LogP contribution is -2.24. The highest BCUT2D eigenvalue weighted by atomic mass is 32.2. The number of benzene rings is 1. The van der Waals surface area contributed by atoms with Crippen molar-refractivity contribution < 1.29 is 18.0 Å². The lowest BCUT2D eigenvalue weighted by Gasteiger charge is -2.09. The third-order valence-corrected chi connectivity index (χ3v) is 4.39. The van der Waals surface area contributed by atoms with Crippen LogP contribution < -0.4 is 5.32 Å². The van der Waals surface area contributed by atoms with Gasteiger partial charge in [0.25, 0.3) is 0 Å². The summed E-state index contributed by atoms with van der Waals surface area (Å²) in [5.41, 5.74) is -0.359. The number of carbonyl (C=O) groups excluding carboxylic acids is 1. The molecule has 27 heavy (non-hydrogen) atoms. The summed E-state index contributed by atoms with van der Waals surface area (Å²) in [6.07, 6.45) is 0.323. The van der Waals surface area contributed by atoms with Crippen molar-refractivity contribution in [2.75, 3.05) is 5.75 Å². The summed E-state index contributed by atoms with van der Waals surface area (Å²) < 4.78 is 39.7. The number of nitrogens with zero attached hydrogens (tertiary/aromatic N) is 4. The molecule has 0 unspecified atom stereocenters. The monoisotopic (exact) mass is 393 g/mol. The van der Waals surface area contributed by atoms with Crippen molar-refractivity contribution in [1.29, 1.82) is 0 Å². The van der Waals surface area contributed by atoms with Gasteiger partial charge >= 0.3 is 6.18 Å². The third kappa shape index (κ3) is 5.30. The number of aromatic nitrogens is 4. The van der Waals surface area contributed by atoms with Crippen LogP contribution in [0.2, 0.25) is 0 Å². The predicted octanol–water partition coefficient (Wildman–Crippen LogP) is 3.09. The van der Waals surface area contributed by atoms with E-state index in [1.54, 1.807) is 29.2 Å². The number of hydrogen-bond acceptors (Lipinski definition) is 5. The molecule has 0 radical (unpaired) electrons. The minimum absolute atomic E-state index is 0.0195. The Labute approximate surface area is 156 Å². The van der Waals surface area contributed by atoms with E-state index in [1.165, 1.54) is 30.2 Å². The normalized spacial score (nSPS) is 11.4. The molecule has 0 spiro atoms. The number of rotatable bonds is 6. The van der Waals surface area contributed by atoms with Gasteiger partial charge in [0.1, 0.15) is 11.4 Å². The van der Waals surface area contributed by atoms with Crippen LogP contribution in [0.25, 0.3) is 5.82 Å². The van der Waals surface area contributed by atoms with E-state index in [4.69, 9.17) is 0 Å². The molecule has 0 aliphatic heterocycles. The molecule has 10 heteroatoms. The molecule has 0 aliphatic rings. The summed E-state index contributed by atoms with van der Waals surface area (Å²) in [4.78, 5) is 20.2.